The Morgan fingerprint density at radius 1 is 0.955 bits per heavy atom. The summed E-state index contributed by atoms with van der Waals surface area (Å²) in [6.45, 7) is 3.38. The molecule has 2 aromatic carbocycles. The number of aryl methyl sites for hydroxylation is 2. The van der Waals surface area contributed by atoms with Crippen molar-refractivity contribution in [2.75, 3.05) is 0 Å². The molecule has 22 heavy (non-hydrogen) atoms. The molecule has 0 saturated carbocycles. The van der Waals surface area contributed by atoms with Crippen LogP contribution in [0.2, 0.25) is 0 Å². The van der Waals surface area contributed by atoms with Crippen molar-refractivity contribution in [3.63, 3.8) is 0 Å². The highest BCUT2D eigenvalue weighted by Gasteiger charge is 2.41. The molecule has 2 nitrogen and oxygen atoms in total. The molecule has 0 amide bonds. The van der Waals surface area contributed by atoms with Crippen molar-refractivity contribution in [3.05, 3.63) is 65.2 Å². The van der Waals surface area contributed by atoms with Crippen LogP contribution in [0.25, 0.3) is 0 Å². The van der Waals surface area contributed by atoms with E-state index in [-0.39, 0.29) is 11.3 Å². The molecule has 0 saturated heterocycles. The monoisotopic (exact) mass is 307 g/mol. The normalized spacial score (nSPS) is 14.0. The standard InChI is InChI=1S/C17H16F3NO/c1-11-7-6-8-12(2)14(11)21-16(17(18,19)20)15(22)13-9-4-3-5-10-13/h3-10,15,22H,1-2H3. The molecule has 0 fully saturated rings. The number of aliphatic imine (C=N–C) groups is 1. The Hall–Kier alpha value is -2.14. The fourth-order valence-electron chi connectivity index (χ4n) is 2.18. The van der Waals surface area contributed by atoms with Gasteiger partial charge in [0.25, 0.3) is 0 Å². The molecule has 0 radical (unpaired) electrons. The summed E-state index contributed by atoms with van der Waals surface area (Å²) in [5, 5.41) is 10.1. The van der Waals surface area contributed by atoms with E-state index in [1.807, 2.05) is 0 Å². The first-order valence-corrected chi connectivity index (χ1v) is 6.75. The number of nitrogens with zero attached hydrogens (tertiary/aromatic N) is 1. The van der Waals surface area contributed by atoms with E-state index in [0.29, 0.717) is 11.1 Å². The second kappa shape index (κ2) is 6.32. The Labute approximate surface area is 126 Å². The highest BCUT2D eigenvalue weighted by Crippen LogP contribution is 2.32. The lowest BCUT2D eigenvalue weighted by atomic mass is 10.0. The van der Waals surface area contributed by atoms with Gasteiger partial charge in [0.2, 0.25) is 0 Å². The summed E-state index contributed by atoms with van der Waals surface area (Å²) in [5.41, 5.74) is 0.440. The van der Waals surface area contributed by atoms with Gasteiger partial charge in [-0.3, -0.25) is 0 Å². The van der Waals surface area contributed by atoms with E-state index in [0.717, 1.165) is 0 Å². The Kier molecular flexibility index (Phi) is 4.66. The molecule has 1 unspecified atom stereocenters. The van der Waals surface area contributed by atoms with Gasteiger partial charge in [-0.1, -0.05) is 48.5 Å². The molecular formula is C17H16F3NO. The van der Waals surface area contributed by atoms with Crippen LogP contribution in [0.4, 0.5) is 18.9 Å². The first-order valence-electron chi connectivity index (χ1n) is 6.75. The van der Waals surface area contributed by atoms with E-state index in [1.165, 1.54) is 12.1 Å². The average Bonchev–Trinajstić information content (AvgIpc) is 2.46. The SMILES string of the molecule is Cc1cccc(C)c1N=C(C(O)c1ccccc1)C(F)(F)F. The van der Waals surface area contributed by atoms with Crippen LogP contribution in [-0.4, -0.2) is 17.0 Å². The zero-order chi connectivity index (χ0) is 16.3. The summed E-state index contributed by atoms with van der Waals surface area (Å²) in [6, 6.07) is 12.8. The van der Waals surface area contributed by atoms with Crippen LogP contribution in [0.5, 0.6) is 0 Å². The number of para-hydroxylation sites is 1. The van der Waals surface area contributed by atoms with Crippen molar-refractivity contribution in [3.8, 4) is 0 Å². The number of hydrogen-bond acceptors (Lipinski definition) is 2. The van der Waals surface area contributed by atoms with Crippen molar-refractivity contribution in [1.29, 1.82) is 0 Å². The van der Waals surface area contributed by atoms with Gasteiger partial charge in [0.15, 0.2) is 5.71 Å². The van der Waals surface area contributed by atoms with Gasteiger partial charge in [-0.2, -0.15) is 13.2 Å². The molecule has 0 aromatic heterocycles. The summed E-state index contributed by atoms with van der Waals surface area (Å²) < 4.78 is 39.9. The van der Waals surface area contributed by atoms with Gasteiger partial charge >= 0.3 is 6.18 Å². The smallest absolute Gasteiger partial charge is 0.382 e. The predicted molar refractivity (Wildman–Crippen MR) is 80.5 cm³/mol. The van der Waals surface area contributed by atoms with Crippen LogP contribution in [0.3, 0.4) is 0 Å². The minimum Gasteiger partial charge on any atom is -0.382 e. The van der Waals surface area contributed by atoms with Crippen LogP contribution in [0.1, 0.15) is 22.8 Å². The van der Waals surface area contributed by atoms with Crippen LogP contribution in [-0.2, 0) is 0 Å². The van der Waals surface area contributed by atoms with Crippen LogP contribution in [0.15, 0.2) is 53.5 Å². The summed E-state index contributed by atoms with van der Waals surface area (Å²) in [5.74, 6) is 0. The third kappa shape index (κ3) is 3.54. The molecule has 0 aliphatic rings. The van der Waals surface area contributed by atoms with Crippen molar-refractivity contribution in [1.82, 2.24) is 0 Å². The Bertz CT molecular complexity index is 658. The van der Waals surface area contributed by atoms with Crippen molar-refractivity contribution in [2.45, 2.75) is 26.1 Å². The minimum atomic E-state index is -4.72. The molecule has 116 valence electrons. The van der Waals surface area contributed by atoms with Crippen LogP contribution >= 0.6 is 0 Å². The molecule has 2 rings (SSSR count). The predicted octanol–water partition coefficient (Wildman–Crippen LogP) is 4.67. The number of halogens is 3. The van der Waals surface area contributed by atoms with Gasteiger partial charge in [0, 0.05) is 0 Å². The van der Waals surface area contributed by atoms with Crippen LogP contribution < -0.4 is 0 Å². The van der Waals surface area contributed by atoms with Gasteiger partial charge in [0.1, 0.15) is 6.10 Å². The van der Waals surface area contributed by atoms with Crippen molar-refractivity contribution >= 4 is 11.4 Å². The number of benzene rings is 2. The quantitative estimate of drug-likeness (QED) is 0.821. The zero-order valence-corrected chi connectivity index (χ0v) is 12.2. The van der Waals surface area contributed by atoms with E-state index in [9.17, 15) is 18.3 Å². The number of aliphatic hydroxyl groups excluding tert-OH is 1. The lowest BCUT2D eigenvalue weighted by Gasteiger charge is -2.18. The van der Waals surface area contributed by atoms with Gasteiger partial charge in [0.05, 0.1) is 5.69 Å². The largest absolute Gasteiger partial charge is 0.432 e. The molecule has 1 atom stereocenters. The fourth-order valence-corrected chi connectivity index (χ4v) is 2.18. The number of alkyl halides is 3. The molecular weight excluding hydrogens is 291 g/mol. The molecule has 0 spiro atoms. The van der Waals surface area contributed by atoms with Gasteiger partial charge in [-0.15, -0.1) is 0 Å². The van der Waals surface area contributed by atoms with Gasteiger partial charge in [-0.25, -0.2) is 4.99 Å². The molecule has 0 heterocycles. The lowest BCUT2D eigenvalue weighted by Crippen LogP contribution is -2.29. The number of aliphatic hydroxyl groups is 1. The third-order valence-electron chi connectivity index (χ3n) is 3.34. The van der Waals surface area contributed by atoms with Gasteiger partial charge in [-0.05, 0) is 30.5 Å². The van der Waals surface area contributed by atoms with Gasteiger partial charge < -0.3 is 5.11 Å². The van der Waals surface area contributed by atoms with E-state index < -0.39 is 18.0 Å². The second-order valence-corrected chi connectivity index (χ2v) is 5.05. The average molecular weight is 307 g/mol. The van der Waals surface area contributed by atoms with E-state index in [4.69, 9.17) is 0 Å². The van der Waals surface area contributed by atoms with Crippen LogP contribution in [0, 0.1) is 13.8 Å². The van der Waals surface area contributed by atoms with E-state index in [2.05, 4.69) is 4.99 Å². The zero-order valence-electron chi connectivity index (χ0n) is 12.2. The summed E-state index contributed by atoms with van der Waals surface area (Å²) in [7, 11) is 0. The molecule has 0 bridgehead atoms. The molecule has 0 aliphatic heterocycles. The first-order chi connectivity index (χ1) is 10.3. The Morgan fingerprint density at radius 2 is 1.50 bits per heavy atom. The highest BCUT2D eigenvalue weighted by molar-refractivity contribution is 5.96. The highest BCUT2D eigenvalue weighted by atomic mass is 19.4. The number of rotatable bonds is 3. The summed E-state index contributed by atoms with van der Waals surface area (Å²) in [6.07, 6.45) is -6.54. The maximum Gasteiger partial charge on any atom is 0.432 e. The topological polar surface area (TPSA) is 32.6 Å². The molecule has 1 N–H and O–H groups in total. The summed E-state index contributed by atoms with van der Waals surface area (Å²) >= 11 is 0. The number of hydrogen-bond donors (Lipinski definition) is 1. The van der Waals surface area contributed by atoms with Crippen molar-refractivity contribution in [2.24, 2.45) is 4.99 Å². The second-order valence-electron chi connectivity index (χ2n) is 5.05. The van der Waals surface area contributed by atoms with Crippen molar-refractivity contribution < 1.29 is 18.3 Å². The lowest BCUT2D eigenvalue weighted by molar-refractivity contribution is -0.0664. The fraction of sp³-hybridized carbons (Fsp3) is 0.235. The third-order valence-corrected chi connectivity index (χ3v) is 3.34. The Morgan fingerprint density at radius 3 is 2.00 bits per heavy atom. The minimum absolute atomic E-state index is 0.157. The summed E-state index contributed by atoms with van der Waals surface area (Å²) in [4.78, 5) is 3.75. The van der Waals surface area contributed by atoms with E-state index >= 15 is 0 Å². The molecule has 5 heteroatoms. The first kappa shape index (κ1) is 16.2. The maximum absolute atomic E-state index is 13.3. The maximum atomic E-state index is 13.3. The van der Waals surface area contributed by atoms with E-state index in [1.54, 1.807) is 50.2 Å². The molecule has 2 aromatic rings. The molecule has 0 aliphatic carbocycles. The Balaban J connectivity index is 2.55.